The molecule has 0 saturated heterocycles. The van der Waals surface area contributed by atoms with Crippen molar-refractivity contribution < 1.29 is 37.7 Å². The van der Waals surface area contributed by atoms with E-state index in [1.807, 2.05) is 0 Å². The van der Waals surface area contributed by atoms with Crippen molar-refractivity contribution >= 4 is 45.1 Å². The fourth-order valence-corrected chi connectivity index (χ4v) is 4.95. The number of thiazole rings is 1. The molecule has 0 bridgehead atoms. The average Bonchev–Trinajstić information content (AvgIpc) is 3.15. The van der Waals surface area contributed by atoms with E-state index in [1.54, 1.807) is 23.1 Å². The number of H-pyrrole nitrogens is 1. The normalized spacial score (nSPS) is 15.0. The summed E-state index contributed by atoms with van der Waals surface area (Å²) in [5.41, 5.74) is 6.33. The van der Waals surface area contributed by atoms with E-state index in [-0.39, 0.29) is 32.7 Å². The van der Waals surface area contributed by atoms with E-state index in [9.17, 15) is 0 Å². The first-order valence-corrected chi connectivity index (χ1v) is 10.1. The number of aromatic amines is 1. The third-order valence-corrected chi connectivity index (χ3v) is 6.29. The zero-order valence-corrected chi connectivity index (χ0v) is 19.7. The van der Waals surface area contributed by atoms with Gasteiger partial charge in [-0.15, -0.1) is 0 Å². The smallest absolute Gasteiger partial charge is 0.261 e. The molecule has 3 aromatic rings. The maximum Gasteiger partial charge on any atom is 0.261 e. The second kappa shape index (κ2) is 8.39. The van der Waals surface area contributed by atoms with Crippen LogP contribution in [0.1, 0.15) is 30.0 Å². The van der Waals surface area contributed by atoms with Gasteiger partial charge < -0.3 is 5.32 Å². The second-order valence-electron chi connectivity index (χ2n) is 6.40. The van der Waals surface area contributed by atoms with Crippen molar-refractivity contribution in [1.29, 1.82) is 0 Å². The molecule has 1 aliphatic rings. The fourth-order valence-electron chi connectivity index (χ4n) is 2.95. The number of anilines is 1. The molecule has 1 aliphatic heterocycles. The number of benzene rings is 2. The maximum absolute atomic E-state index is 3.54. The topological polar surface area (TPSA) is 26.2 Å². The summed E-state index contributed by atoms with van der Waals surface area (Å²) in [4.78, 5) is 4.83. The SMILES string of the molecule is CCc1ccc2sc(C=C(C)C=C3Nc4cc(C)ccc4S3)[nH+]c2c1.[Y]. The molecular weight excluding hydrogens is 433 g/mol. The molecule has 0 saturated carbocycles. The van der Waals surface area contributed by atoms with Crippen LogP contribution in [0.4, 0.5) is 5.69 Å². The summed E-state index contributed by atoms with van der Waals surface area (Å²) in [7, 11) is 0. The van der Waals surface area contributed by atoms with Crippen LogP contribution in [0.5, 0.6) is 0 Å². The third-order valence-electron chi connectivity index (χ3n) is 4.26. The Hall–Kier alpha value is -0.936. The molecule has 0 unspecified atom stereocenters. The number of aromatic nitrogens is 1. The van der Waals surface area contributed by atoms with Gasteiger partial charge in [-0.1, -0.05) is 42.2 Å². The molecule has 26 heavy (non-hydrogen) atoms. The first-order chi connectivity index (χ1) is 12.1. The molecule has 2 N–H and O–H groups in total. The van der Waals surface area contributed by atoms with E-state index in [2.05, 4.69) is 79.6 Å². The first-order valence-electron chi connectivity index (χ1n) is 8.51. The molecule has 0 fully saturated rings. The number of hydrogen-bond donors (Lipinski definition) is 1. The molecule has 1 aromatic heterocycles. The van der Waals surface area contributed by atoms with Crippen LogP contribution in [0.25, 0.3) is 16.3 Å². The molecule has 4 rings (SSSR count). The van der Waals surface area contributed by atoms with Gasteiger partial charge in [0.25, 0.3) is 5.01 Å². The van der Waals surface area contributed by atoms with Gasteiger partial charge in [0.05, 0.1) is 10.7 Å². The number of aryl methyl sites for hydroxylation is 2. The molecule has 2 aromatic carbocycles. The Kier molecular flexibility index (Phi) is 6.39. The van der Waals surface area contributed by atoms with Crippen LogP contribution in [-0.2, 0) is 39.1 Å². The molecule has 0 atom stereocenters. The van der Waals surface area contributed by atoms with Crippen LogP contribution in [0, 0.1) is 6.92 Å². The molecule has 0 amide bonds. The Morgan fingerprint density at radius 3 is 2.85 bits per heavy atom. The molecule has 2 nitrogen and oxygen atoms in total. The molecule has 0 aliphatic carbocycles. The minimum Gasteiger partial charge on any atom is -0.349 e. The summed E-state index contributed by atoms with van der Waals surface area (Å²) in [6.07, 6.45) is 5.51. The van der Waals surface area contributed by atoms with Gasteiger partial charge in [-0.3, -0.25) is 0 Å². The molecule has 0 spiro atoms. The standard InChI is InChI=1S/C21H20N2S2.Y/c1-4-15-6-8-19-17(12-15)23-21(25-19)11-14(3)10-20-22-16-9-13(2)5-7-18(16)24-20;/h5-12,22H,4H2,1-3H3;/p+1. The van der Waals surface area contributed by atoms with Gasteiger partial charge in [-0.25, -0.2) is 0 Å². The van der Waals surface area contributed by atoms with Crippen LogP contribution in [-0.4, -0.2) is 0 Å². The quantitative estimate of drug-likeness (QED) is 0.522. The van der Waals surface area contributed by atoms with Gasteiger partial charge in [0.15, 0.2) is 0 Å². The number of allylic oxidation sites excluding steroid dienone is 2. The van der Waals surface area contributed by atoms with Crippen molar-refractivity contribution in [3.05, 3.63) is 69.2 Å². The Bertz CT molecular complexity index is 1020. The number of nitrogens with one attached hydrogen (secondary N) is 2. The fraction of sp³-hybridized carbons (Fsp3) is 0.190. The van der Waals surface area contributed by atoms with Gasteiger partial charge in [-0.05, 0) is 61.2 Å². The van der Waals surface area contributed by atoms with E-state index < -0.39 is 0 Å². The van der Waals surface area contributed by atoms with Gasteiger partial charge in [-0.2, -0.15) is 4.98 Å². The summed E-state index contributed by atoms with van der Waals surface area (Å²) in [5.74, 6) is 0. The van der Waals surface area contributed by atoms with Crippen molar-refractivity contribution in [2.24, 2.45) is 0 Å². The minimum atomic E-state index is 0. The largest absolute Gasteiger partial charge is 0.349 e. The number of rotatable bonds is 3. The third kappa shape index (κ3) is 4.31. The summed E-state index contributed by atoms with van der Waals surface area (Å²) < 4.78 is 1.31. The predicted molar refractivity (Wildman–Crippen MR) is 110 cm³/mol. The molecule has 129 valence electrons. The summed E-state index contributed by atoms with van der Waals surface area (Å²) >= 11 is 3.60. The molecule has 5 heteroatoms. The predicted octanol–water partition coefficient (Wildman–Crippen LogP) is 6.05. The number of thioether (sulfide) groups is 1. The van der Waals surface area contributed by atoms with E-state index in [4.69, 9.17) is 0 Å². The van der Waals surface area contributed by atoms with Crippen molar-refractivity contribution in [3.8, 4) is 0 Å². The Morgan fingerprint density at radius 1 is 1.19 bits per heavy atom. The number of fused-ring (bicyclic) bond motifs is 2. The van der Waals surface area contributed by atoms with Crippen LogP contribution >= 0.6 is 23.1 Å². The van der Waals surface area contributed by atoms with Crippen LogP contribution in [0.2, 0.25) is 0 Å². The molecule has 2 heterocycles. The Balaban J connectivity index is 0.00000196. The van der Waals surface area contributed by atoms with Crippen LogP contribution in [0.15, 0.2) is 58.0 Å². The van der Waals surface area contributed by atoms with Gasteiger partial charge >= 0.3 is 0 Å². The van der Waals surface area contributed by atoms with E-state index in [0.29, 0.717) is 0 Å². The Labute approximate surface area is 188 Å². The average molecular weight is 454 g/mol. The van der Waals surface area contributed by atoms with Crippen molar-refractivity contribution in [1.82, 2.24) is 0 Å². The zero-order valence-electron chi connectivity index (χ0n) is 15.2. The van der Waals surface area contributed by atoms with Gasteiger partial charge in [0, 0.05) is 49.7 Å². The first kappa shape index (κ1) is 19.8. The minimum absolute atomic E-state index is 0. The van der Waals surface area contributed by atoms with Crippen molar-refractivity contribution in [2.75, 3.05) is 5.32 Å². The van der Waals surface area contributed by atoms with Gasteiger partial charge in [0.2, 0.25) is 5.52 Å². The number of hydrogen-bond acceptors (Lipinski definition) is 3. The van der Waals surface area contributed by atoms with Crippen molar-refractivity contribution in [2.45, 2.75) is 32.1 Å². The van der Waals surface area contributed by atoms with E-state index >= 15 is 0 Å². The van der Waals surface area contributed by atoms with Gasteiger partial charge in [0.1, 0.15) is 4.70 Å². The summed E-state index contributed by atoms with van der Waals surface area (Å²) in [6.45, 7) is 6.47. The second-order valence-corrected chi connectivity index (χ2v) is 8.57. The Morgan fingerprint density at radius 2 is 2.04 bits per heavy atom. The monoisotopic (exact) mass is 454 g/mol. The van der Waals surface area contributed by atoms with Crippen molar-refractivity contribution in [3.63, 3.8) is 0 Å². The van der Waals surface area contributed by atoms with E-state index in [1.165, 1.54) is 47.5 Å². The van der Waals surface area contributed by atoms with E-state index in [0.717, 1.165) is 6.42 Å². The van der Waals surface area contributed by atoms with Crippen LogP contribution < -0.4 is 10.3 Å². The van der Waals surface area contributed by atoms with Crippen LogP contribution in [0.3, 0.4) is 0 Å². The molecular formula is C21H21N2S2Y+. The molecule has 1 radical (unpaired) electrons. The maximum atomic E-state index is 3.54. The summed E-state index contributed by atoms with van der Waals surface area (Å²) in [5, 5.41) is 5.88. The zero-order chi connectivity index (χ0) is 17.4. The summed E-state index contributed by atoms with van der Waals surface area (Å²) in [6, 6.07) is 13.2.